The first-order chi connectivity index (χ1) is 9.15. The molecule has 0 atom stereocenters. The average Bonchev–Trinajstić information content (AvgIpc) is 2.72. The second-order valence-electron chi connectivity index (χ2n) is 4.74. The Bertz CT molecular complexity index is 617. The number of rotatable bonds is 1. The number of allylic oxidation sites excluding steroid dienone is 1. The molecule has 0 aromatic heterocycles. The molecular formula is C15H12BrFO2. The van der Waals surface area contributed by atoms with Gasteiger partial charge in [0, 0.05) is 11.1 Å². The highest BCUT2D eigenvalue weighted by atomic mass is 79.9. The summed E-state index contributed by atoms with van der Waals surface area (Å²) in [6.45, 7) is 0. The molecule has 19 heavy (non-hydrogen) atoms. The minimum atomic E-state index is -0.303. The highest BCUT2D eigenvalue weighted by molar-refractivity contribution is 9.10. The van der Waals surface area contributed by atoms with Crippen molar-refractivity contribution in [3.63, 3.8) is 0 Å². The number of ether oxygens (including phenoxy) is 1. The van der Waals surface area contributed by atoms with Crippen molar-refractivity contribution >= 4 is 28.0 Å². The van der Waals surface area contributed by atoms with Crippen molar-refractivity contribution in [3.8, 4) is 0 Å². The molecule has 1 aliphatic carbocycles. The number of halogens is 2. The third-order valence-corrected chi connectivity index (χ3v) is 4.06. The third kappa shape index (κ3) is 2.37. The van der Waals surface area contributed by atoms with Gasteiger partial charge < -0.3 is 4.74 Å². The van der Waals surface area contributed by atoms with E-state index in [4.69, 9.17) is 4.74 Å². The quantitative estimate of drug-likeness (QED) is 0.718. The maximum absolute atomic E-state index is 13.2. The number of hydrogen-bond acceptors (Lipinski definition) is 2. The smallest absolute Gasteiger partial charge is 0.339 e. The maximum Gasteiger partial charge on any atom is 0.339 e. The van der Waals surface area contributed by atoms with Gasteiger partial charge in [0.2, 0.25) is 0 Å². The van der Waals surface area contributed by atoms with Gasteiger partial charge in [0.25, 0.3) is 0 Å². The molecule has 0 N–H and O–H groups in total. The van der Waals surface area contributed by atoms with Crippen LogP contribution in [0.5, 0.6) is 0 Å². The predicted octanol–water partition coefficient (Wildman–Crippen LogP) is 4.36. The molecular weight excluding hydrogens is 311 g/mol. The summed E-state index contributed by atoms with van der Waals surface area (Å²) in [4.78, 5) is 11.7. The highest BCUT2D eigenvalue weighted by Gasteiger charge is 2.31. The van der Waals surface area contributed by atoms with Crippen molar-refractivity contribution in [2.75, 3.05) is 0 Å². The average molecular weight is 323 g/mol. The number of carbonyl (C=O) groups is 1. The van der Waals surface area contributed by atoms with E-state index in [1.54, 1.807) is 18.2 Å². The summed E-state index contributed by atoms with van der Waals surface area (Å²) in [5.74, 6) is 0.100. The molecule has 0 spiro atoms. The fourth-order valence-corrected chi connectivity index (χ4v) is 2.89. The van der Waals surface area contributed by atoms with Gasteiger partial charge in [-0.2, -0.15) is 0 Å². The lowest BCUT2D eigenvalue weighted by atomic mass is 9.92. The number of cyclic esters (lactones) is 1. The number of benzene rings is 1. The lowest BCUT2D eigenvalue weighted by molar-refractivity contribution is -0.133. The van der Waals surface area contributed by atoms with Gasteiger partial charge in [0.05, 0.1) is 4.47 Å². The molecule has 2 nitrogen and oxygen atoms in total. The molecule has 0 saturated heterocycles. The van der Waals surface area contributed by atoms with E-state index in [9.17, 15) is 9.18 Å². The van der Waals surface area contributed by atoms with Gasteiger partial charge in [0.1, 0.15) is 11.6 Å². The van der Waals surface area contributed by atoms with E-state index >= 15 is 0 Å². The van der Waals surface area contributed by atoms with Crippen LogP contribution in [0, 0.1) is 5.82 Å². The summed E-state index contributed by atoms with van der Waals surface area (Å²) in [6, 6.07) is 4.74. The van der Waals surface area contributed by atoms with Crippen molar-refractivity contribution in [1.82, 2.24) is 0 Å². The zero-order chi connectivity index (χ0) is 13.4. The Morgan fingerprint density at radius 2 is 1.95 bits per heavy atom. The largest absolute Gasteiger partial charge is 0.423 e. The summed E-state index contributed by atoms with van der Waals surface area (Å²) in [5, 5.41) is 0. The fraction of sp³-hybridized carbons (Fsp3) is 0.267. The van der Waals surface area contributed by atoms with Gasteiger partial charge in [-0.05, 0) is 65.4 Å². The van der Waals surface area contributed by atoms with E-state index in [0.717, 1.165) is 42.4 Å². The molecule has 0 bridgehead atoms. The molecule has 98 valence electrons. The molecule has 0 radical (unpaired) electrons. The van der Waals surface area contributed by atoms with Crippen LogP contribution in [0.4, 0.5) is 4.39 Å². The molecule has 1 aromatic rings. The van der Waals surface area contributed by atoms with Crippen molar-refractivity contribution in [1.29, 1.82) is 0 Å². The zero-order valence-electron chi connectivity index (χ0n) is 10.2. The van der Waals surface area contributed by atoms with Crippen molar-refractivity contribution in [2.45, 2.75) is 25.7 Å². The lowest BCUT2D eigenvalue weighted by Crippen LogP contribution is -2.01. The van der Waals surface area contributed by atoms with Crippen molar-refractivity contribution in [3.05, 3.63) is 51.0 Å². The predicted molar refractivity (Wildman–Crippen MR) is 73.7 cm³/mol. The van der Waals surface area contributed by atoms with Crippen LogP contribution in [-0.4, -0.2) is 5.97 Å². The highest BCUT2D eigenvalue weighted by Crippen LogP contribution is 2.37. The van der Waals surface area contributed by atoms with Gasteiger partial charge >= 0.3 is 5.97 Å². The second-order valence-corrected chi connectivity index (χ2v) is 5.59. The summed E-state index contributed by atoms with van der Waals surface area (Å²) >= 11 is 3.15. The van der Waals surface area contributed by atoms with E-state index in [-0.39, 0.29) is 11.8 Å². The van der Waals surface area contributed by atoms with Crippen LogP contribution in [0.3, 0.4) is 0 Å². The van der Waals surface area contributed by atoms with Crippen LogP contribution >= 0.6 is 15.9 Å². The van der Waals surface area contributed by atoms with E-state index in [2.05, 4.69) is 15.9 Å². The Morgan fingerprint density at radius 3 is 2.68 bits per heavy atom. The Kier molecular flexibility index (Phi) is 3.27. The van der Waals surface area contributed by atoms with E-state index in [0.29, 0.717) is 10.2 Å². The second kappa shape index (κ2) is 4.93. The van der Waals surface area contributed by atoms with Gasteiger partial charge in [-0.1, -0.05) is 6.07 Å². The molecule has 4 heteroatoms. The van der Waals surface area contributed by atoms with Gasteiger partial charge in [-0.3, -0.25) is 0 Å². The van der Waals surface area contributed by atoms with Crippen LogP contribution in [0.1, 0.15) is 31.2 Å². The first-order valence-electron chi connectivity index (χ1n) is 6.26. The van der Waals surface area contributed by atoms with Crippen LogP contribution in [-0.2, 0) is 9.53 Å². The normalized spacial score (nSPS) is 20.7. The number of esters is 1. The molecule has 0 amide bonds. The first kappa shape index (κ1) is 12.6. The molecule has 3 rings (SSSR count). The molecule has 1 aromatic carbocycles. The van der Waals surface area contributed by atoms with Crippen LogP contribution in [0.15, 0.2) is 39.6 Å². The summed E-state index contributed by atoms with van der Waals surface area (Å²) in [5.41, 5.74) is 2.66. The fourth-order valence-electron chi connectivity index (χ4n) is 2.50. The zero-order valence-corrected chi connectivity index (χ0v) is 11.8. The topological polar surface area (TPSA) is 26.3 Å². The molecule has 0 unspecified atom stereocenters. The molecule has 0 fully saturated rings. The summed E-state index contributed by atoms with van der Waals surface area (Å²) in [7, 11) is 0. The molecule has 1 heterocycles. The van der Waals surface area contributed by atoms with Gasteiger partial charge in [-0.15, -0.1) is 0 Å². The summed E-state index contributed by atoms with van der Waals surface area (Å²) < 4.78 is 18.9. The Morgan fingerprint density at radius 1 is 1.21 bits per heavy atom. The van der Waals surface area contributed by atoms with E-state index < -0.39 is 0 Å². The van der Waals surface area contributed by atoms with Crippen molar-refractivity contribution < 1.29 is 13.9 Å². The van der Waals surface area contributed by atoms with Crippen LogP contribution < -0.4 is 0 Å². The maximum atomic E-state index is 13.2. The van der Waals surface area contributed by atoms with Gasteiger partial charge in [-0.25, -0.2) is 9.18 Å². The standard InChI is InChI=1S/C15H12BrFO2/c16-12-7-9(5-6-13(12)17)8-14-10-3-1-2-4-11(10)15(18)19-14/h5-8H,1-4H2/b14-8-. The first-order valence-corrected chi connectivity index (χ1v) is 7.06. The molecule has 2 aliphatic rings. The van der Waals surface area contributed by atoms with Crippen LogP contribution in [0.2, 0.25) is 0 Å². The SMILES string of the molecule is O=C1O/C(=C\c2ccc(F)c(Br)c2)C2=C1CCCC2. The molecule has 1 aliphatic heterocycles. The van der Waals surface area contributed by atoms with Crippen LogP contribution in [0.25, 0.3) is 6.08 Å². The van der Waals surface area contributed by atoms with E-state index in [1.807, 2.05) is 0 Å². The minimum Gasteiger partial charge on any atom is -0.423 e. The monoisotopic (exact) mass is 322 g/mol. The third-order valence-electron chi connectivity index (χ3n) is 3.46. The Hall–Kier alpha value is -1.42. The summed E-state index contributed by atoms with van der Waals surface area (Å²) in [6.07, 6.45) is 5.62. The Labute approximate surface area is 119 Å². The lowest BCUT2D eigenvalue weighted by Gasteiger charge is -2.10. The minimum absolute atomic E-state index is 0.220. The number of hydrogen-bond donors (Lipinski definition) is 0. The Balaban J connectivity index is 1.98. The number of carbonyl (C=O) groups excluding carboxylic acids is 1. The molecule has 0 saturated carbocycles. The van der Waals surface area contributed by atoms with E-state index in [1.165, 1.54) is 6.07 Å². The van der Waals surface area contributed by atoms with Crippen molar-refractivity contribution in [2.24, 2.45) is 0 Å². The van der Waals surface area contributed by atoms with Gasteiger partial charge in [0.15, 0.2) is 0 Å².